The lowest BCUT2D eigenvalue weighted by atomic mass is 10.3. The van der Waals surface area contributed by atoms with Crippen molar-refractivity contribution in [2.24, 2.45) is 0 Å². The highest BCUT2D eigenvalue weighted by molar-refractivity contribution is 7.89. The van der Waals surface area contributed by atoms with Crippen LogP contribution in [0.2, 0.25) is 0 Å². The Kier molecular flexibility index (Phi) is 4.36. The quantitative estimate of drug-likeness (QED) is 0.829. The van der Waals surface area contributed by atoms with Gasteiger partial charge in [0.05, 0.1) is 6.04 Å². The number of hydrogen-bond acceptors (Lipinski definition) is 5. The van der Waals surface area contributed by atoms with Crippen molar-refractivity contribution in [1.82, 2.24) is 9.71 Å². The summed E-state index contributed by atoms with van der Waals surface area (Å²) in [6.45, 7) is 1.82. The Balaban J connectivity index is 2.33. The van der Waals surface area contributed by atoms with Gasteiger partial charge in [0, 0.05) is 17.3 Å². The van der Waals surface area contributed by atoms with Gasteiger partial charge < -0.3 is 5.73 Å². The fourth-order valence-electron chi connectivity index (χ4n) is 1.69. The zero-order valence-corrected chi connectivity index (χ0v) is 12.3. The van der Waals surface area contributed by atoms with Crippen molar-refractivity contribution < 1.29 is 12.8 Å². The predicted octanol–water partition coefficient (Wildman–Crippen LogP) is 2.29. The van der Waals surface area contributed by atoms with E-state index in [2.05, 4.69) is 9.71 Å². The van der Waals surface area contributed by atoms with Crippen LogP contribution in [-0.4, -0.2) is 13.4 Å². The number of benzene rings is 1. The van der Waals surface area contributed by atoms with E-state index in [1.165, 1.54) is 17.4 Å². The van der Waals surface area contributed by atoms with Crippen LogP contribution in [-0.2, 0) is 10.0 Å². The van der Waals surface area contributed by atoms with Crippen LogP contribution >= 0.6 is 11.3 Å². The molecule has 1 unspecified atom stereocenters. The molecule has 0 amide bonds. The maximum absolute atomic E-state index is 13.7. The number of thiazole rings is 1. The Hall–Kier alpha value is -1.51. The molecule has 0 saturated carbocycles. The Morgan fingerprint density at radius 1 is 1.50 bits per heavy atom. The van der Waals surface area contributed by atoms with Crippen molar-refractivity contribution in [1.29, 1.82) is 0 Å². The third-order valence-electron chi connectivity index (χ3n) is 2.70. The molecule has 0 aliphatic heterocycles. The summed E-state index contributed by atoms with van der Waals surface area (Å²) >= 11 is 1.34. The fraction of sp³-hybridized carbons (Fsp3) is 0.250. The Morgan fingerprint density at radius 3 is 2.85 bits per heavy atom. The minimum absolute atomic E-state index is 0.189. The van der Waals surface area contributed by atoms with Gasteiger partial charge in [0.25, 0.3) is 0 Å². The van der Waals surface area contributed by atoms with Gasteiger partial charge in [-0.2, -0.15) is 0 Å². The van der Waals surface area contributed by atoms with Crippen LogP contribution in [0, 0.1) is 5.82 Å². The van der Waals surface area contributed by atoms with Crippen LogP contribution in [0.1, 0.15) is 24.4 Å². The minimum atomic E-state index is -3.99. The summed E-state index contributed by atoms with van der Waals surface area (Å²) in [6, 6.07) is 2.97. The number of hydrogen-bond donors (Lipinski definition) is 2. The van der Waals surface area contributed by atoms with E-state index in [4.69, 9.17) is 5.73 Å². The van der Waals surface area contributed by atoms with Crippen molar-refractivity contribution >= 4 is 27.0 Å². The Labute approximate surface area is 120 Å². The topological polar surface area (TPSA) is 85.1 Å². The molecule has 1 atom stereocenters. The maximum atomic E-state index is 13.7. The zero-order chi connectivity index (χ0) is 14.8. The lowest BCUT2D eigenvalue weighted by Gasteiger charge is -2.15. The van der Waals surface area contributed by atoms with Gasteiger partial charge in [-0.05, 0) is 24.6 Å². The van der Waals surface area contributed by atoms with Crippen LogP contribution in [0.25, 0.3) is 0 Å². The molecule has 8 heteroatoms. The van der Waals surface area contributed by atoms with Gasteiger partial charge in [-0.1, -0.05) is 6.92 Å². The van der Waals surface area contributed by atoms with E-state index >= 15 is 0 Å². The van der Waals surface area contributed by atoms with Gasteiger partial charge >= 0.3 is 0 Å². The van der Waals surface area contributed by atoms with E-state index in [-0.39, 0.29) is 5.69 Å². The first kappa shape index (κ1) is 14.9. The van der Waals surface area contributed by atoms with Gasteiger partial charge in [-0.15, -0.1) is 11.3 Å². The fourth-order valence-corrected chi connectivity index (χ4v) is 3.93. The number of nitrogens with zero attached hydrogens (tertiary/aromatic N) is 1. The Bertz CT molecular complexity index is 687. The molecule has 0 bridgehead atoms. The molecule has 1 heterocycles. The summed E-state index contributed by atoms with van der Waals surface area (Å²) < 4.78 is 40.6. The summed E-state index contributed by atoms with van der Waals surface area (Å²) in [6.07, 6.45) is 2.11. The third kappa shape index (κ3) is 3.14. The maximum Gasteiger partial charge on any atom is 0.244 e. The molecule has 3 N–H and O–H groups in total. The number of halogens is 1. The molecule has 0 aliphatic rings. The van der Waals surface area contributed by atoms with Gasteiger partial charge in [0.2, 0.25) is 10.0 Å². The van der Waals surface area contributed by atoms with Crippen molar-refractivity contribution in [2.45, 2.75) is 24.3 Å². The second-order valence-electron chi connectivity index (χ2n) is 4.14. The zero-order valence-electron chi connectivity index (χ0n) is 10.7. The highest BCUT2D eigenvalue weighted by Crippen LogP contribution is 2.24. The van der Waals surface area contributed by atoms with E-state index in [1.807, 2.05) is 6.92 Å². The molecule has 0 spiro atoms. The second kappa shape index (κ2) is 5.86. The van der Waals surface area contributed by atoms with Gasteiger partial charge in [0.1, 0.15) is 15.7 Å². The second-order valence-corrected chi connectivity index (χ2v) is 6.75. The molecule has 0 radical (unpaired) electrons. The van der Waals surface area contributed by atoms with Crippen molar-refractivity contribution in [2.75, 3.05) is 5.73 Å². The van der Waals surface area contributed by atoms with E-state index in [0.29, 0.717) is 11.4 Å². The number of nitrogen functional groups attached to an aromatic ring is 1. The molecule has 2 rings (SSSR count). The standard InChI is InChI=1S/C12H14FN3O2S2/c1-2-10(12-15-5-6-19-12)16-20(17,18)11-7-8(14)3-4-9(11)13/h3-7,10,16H,2,14H2,1H3. The molecule has 2 aromatic rings. The lowest BCUT2D eigenvalue weighted by molar-refractivity contribution is 0.534. The third-order valence-corrected chi connectivity index (χ3v) is 5.08. The number of sulfonamides is 1. The van der Waals surface area contributed by atoms with Crippen LogP contribution in [0.3, 0.4) is 0 Å². The summed E-state index contributed by atoms with van der Waals surface area (Å²) in [5.74, 6) is -0.833. The highest BCUT2D eigenvalue weighted by atomic mass is 32.2. The number of rotatable bonds is 5. The number of aromatic nitrogens is 1. The Morgan fingerprint density at radius 2 is 2.25 bits per heavy atom. The first-order valence-electron chi connectivity index (χ1n) is 5.90. The number of anilines is 1. The minimum Gasteiger partial charge on any atom is -0.399 e. The summed E-state index contributed by atoms with van der Waals surface area (Å²) in [4.78, 5) is 3.63. The monoisotopic (exact) mass is 315 g/mol. The number of nitrogens with one attached hydrogen (secondary N) is 1. The molecule has 0 aliphatic carbocycles. The number of nitrogens with two attached hydrogens (primary N) is 1. The van der Waals surface area contributed by atoms with E-state index in [1.54, 1.807) is 11.6 Å². The average molecular weight is 315 g/mol. The first-order chi connectivity index (χ1) is 9.44. The van der Waals surface area contributed by atoms with E-state index in [0.717, 1.165) is 12.1 Å². The first-order valence-corrected chi connectivity index (χ1v) is 8.27. The summed E-state index contributed by atoms with van der Waals surface area (Å²) in [5.41, 5.74) is 5.70. The molecule has 0 fully saturated rings. The molecule has 20 heavy (non-hydrogen) atoms. The normalized spacial score (nSPS) is 13.3. The summed E-state index contributed by atoms with van der Waals surface area (Å²) in [5, 5.41) is 2.40. The lowest BCUT2D eigenvalue weighted by Crippen LogP contribution is -2.29. The highest BCUT2D eigenvalue weighted by Gasteiger charge is 2.24. The molecule has 0 saturated heterocycles. The summed E-state index contributed by atoms with van der Waals surface area (Å²) in [7, 11) is -3.99. The van der Waals surface area contributed by atoms with Crippen LogP contribution < -0.4 is 10.5 Å². The van der Waals surface area contributed by atoms with Gasteiger partial charge in [-0.3, -0.25) is 0 Å². The van der Waals surface area contributed by atoms with Crippen LogP contribution in [0.15, 0.2) is 34.7 Å². The molecule has 5 nitrogen and oxygen atoms in total. The van der Waals surface area contributed by atoms with Gasteiger partial charge in [0.15, 0.2) is 0 Å². The van der Waals surface area contributed by atoms with E-state index in [9.17, 15) is 12.8 Å². The van der Waals surface area contributed by atoms with Crippen LogP contribution in [0.5, 0.6) is 0 Å². The molecular formula is C12H14FN3O2S2. The smallest absolute Gasteiger partial charge is 0.244 e. The molecule has 108 valence electrons. The van der Waals surface area contributed by atoms with E-state index < -0.39 is 26.8 Å². The van der Waals surface area contributed by atoms with Crippen molar-refractivity contribution in [3.8, 4) is 0 Å². The molecule has 1 aromatic heterocycles. The van der Waals surface area contributed by atoms with Crippen LogP contribution in [0.4, 0.5) is 10.1 Å². The van der Waals surface area contributed by atoms with Gasteiger partial charge in [-0.25, -0.2) is 22.5 Å². The predicted molar refractivity (Wildman–Crippen MR) is 76.3 cm³/mol. The molecule has 1 aromatic carbocycles. The molecular weight excluding hydrogens is 301 g/mol. The van der Waals surface area contributed by atoms with Crippen molar-refractivity contribution in [3.63, 3.8) is 0 Å². The SMILES string of the molecule is CCC(NS(=O)(=O)c1cc(N)ccc1F)c1nccs1. The largest absolute Gasteiger partial charge is 0.399 e. The average Bonchev–Trinajstić information content (AvgIpc) is 2.92. The van der Waals surface area contributed by atoms with Crippen molar-refractivity contribution in [3.05, 3.63) is 40.6 Å².